The highest BCUT2D eigenvalue weighted by Gasteiger charge is 2.03. The summed E-state index contributed by atoms with van der Waals surface area (Å²) in [5, 5.41) is 5.59. The van der Waals surface area contributed by atoms with Gasteiger partial charge in [-0.05, 0) is 37.1 Å². The summed E-state index contributed by atoms with van der Waals surface area (Å²) in [7, 11) is 0. The molecule has 2 N–H and O–H groups in total. The van der Waals surface area contributed by atoms with Crippen LogP contribution in [0, 0.1) is 12.4 Å². The highest BCUT2D eigenvalue weighted by Crippen LogP contribution is 2.13. The minimum atomic E-state index is 0.0320. The van der Waals surface area contributed by atoms with E-state index >= 15 is 0 Å². The number of pyridine rings is 2. The van der Waals surface area contributed by atoms with Crippen LogP contribution in [-0.4, -0.2) is 21.8 Å². The lowest BCUT2D eigenvalue weighted by Crippen LogP contribution is -2.11. The van der Waals surface area contributed by atoms with Gasteiger partial charge in [0.15, 0.2) is 0 Å². The van der Waals surface area contributed by atoms with Crippen LogP contribution in [0.2, 0.25) is 0 Å². The van der Waals surface area contributed by atoms with E-state index in [0.29, 0.717) is 24.5 Å². The lowest BCUT2D eigenvalue weighted by atomic mass is 10.0. The molecule has 32 heavy (non-hydrogen) atoms. The number of hydrogen-bond acceptors (Lipinski definition) is 4. The number of nitrogens with zero attached hydrogens (tertiary/aromatic N) is 2. The second-order valence-corrected chi connectivity index (χ2v) is 8.14. The number of nitrogens with one attached hydrogen (secondary N) is 2. The number of hydrogen-bond donors (Lipinski definition) is 2. The molecule has 0 atom stereocenters. The van der Waals surface area contributed by atoms with Crippen LogP contribution in [0.4, 0.5) is 11.6 Å². The molecule has 0 aromatic carbocycles. The van der Waals surface area contributed by atoms with Crippen LogP contribution in [0.3, 0.4) is 0 Å². The number of unbranched alkanes of at least 4 members (excludes halogenated alkanes) is 11. The zero-order valence-corrected chi connectivity index (χ0v) is 19.1. The van der Waals surface area contributed by atoms with E-state index in [9.17, 15) is 9.59 Å². The Hall–Kier alpha value is -2.76. The van der Waals surface area contributed by atoms with Gasteiger partial charge in [0, 0.05) is 12.8 Å². The maximum atomic E-state index is 11.8. The first-order chi connectivity index (χ1) is 15.7. The van der Waals surface area contributed by atoms with Crippen molar-refractivity contribution >= 4 is 23.5 Å². The predicted molar refractivity (Wildman–Crippen MR) is 128 cm³/mol. The maximum absolute atomic E-state index is 11.8. The van der Waals surface area contributed by atoms with Crippen molar-refractivity contribution in [3.63, 3.8) is 0 Å². The largest absolute Gasteiger partial charge is 0.311 e. The normalized spacial score (nSPS) is 10.6. The fraction of sp³-hybridized carbons (Fsp3) is 0.538. The molecule has 0 aliphatic heterocycles. The molecule has 0 unspecified atom stereocenters. The van der Waals surface area contributed by atoms with Gasteiger partial charge in [0.1, 0.15) is 11.6 Å². The molecule has 6 nitrogen and oxygen atoms in total. The fourth-order valence-electron chi connectivity index (χ4n) is 3.54. The third-order valence-electron chi connectivity index (χ3n) is 5.31. The number of carbonyl (C=O) groups excluding carboxylic acids is 2. The summed E-state index contributed by atoms with van der Waals surface area (Å²) in [6.45, 7) is 0. The van der Waals surface area contributed by atoms with Crippen LogP contribution in [0.5, 0.6) is 0 Å². The Labute approximate surface area is 192 Å². The third-order valence-corrected chi connectivity index (χ3v) is 5.31. The van der Waals surface area contributed by atoms with Gasteiger partial charge in [0.05, 0.1) is 12.4 Å². The molecule has 0 saturated heterocycles. The van der Waals surface area contributed by atoms with Crippen molar-refractivity contribution in [2.45, 2.75) is 89.9 Å². The number of rotatable bonds is 17. The van der Waals surface area contributed by atoms with E-state index in [1.54, 1.807) is 24.3 Å². The molecular weight excluding hydrogens is 400 g/mol. The molecule has 0 aliphatic rings. The Kier molecular flexibility index (Phi) is 13.4. The number of aromatic nitrogens is 2. The minimum Gasteiger partial charge on any atom is -0.311 e. The molecule has 2 radical (unpaired) electrons. The fourth-order valence-corrected chi connectivity index (χ4v) is 3.54. The van der Waals surface area contributed by atoms with Crippen LogP contribution >= 0.6 is 0 Å². The van der Waals surface area contributed by atoms with Gasteiger partial charge in [-0.2, -0.15) is 0 Å². The first-order valence-corrected chi connectivity index (χ1v) is 12.0. The molecule has 2 rings (SSSR count). The lowest BCUT2D eigenvalue weighted by molar-refractivity contribution is -0.117. The topological polar surface area (TPSA) is 84.0 Å². The van der Waals surface area contributed by atoms with Crippen LogP contribution in [0.15, 0.2) is 36.4 Å². The zero-order valence-electron chi connectivity index (χ0n) is 19.1. The molecule has 6 heteroatoms. The monoisotopic (exact) mass is 436 g/mol. The van der Waals surface area contributed by atoms with E-state index in [2.05, 4.69) is 33.0 Å². The summed E-state index contributed by atoms with van der Waals surface area (Å²) in [5.74, 6) is 1.21. The third kappa shape index (κ3) is 12.8. The van der Waals surface area contributed by atoms with E-state index in [-0.39, 0.29) is 11.8 Å². The highest BCUT2D eigenvalue weighted by molar-refractivity contribution is 5.90. The van der Waals surface area contributed by atoms with Gasteiger partial charge in [-0.1, -0.05) is 76.3 Å². The van der Waals surface area contributed by atoms with E-state index in [1.807, 2.05) is 12.1 Å². The Morgan fingerprint density at radius 2 is 0.938 bits per heavy atom. The lowest BCUT2D eigenvalue weighted by Gasteiger charge is -2.05. The number of anilines is 2. The van der Waals surface area contributed by atoms with Crippen molar-refractivity contribution < 1.29 is 9.59 Å². The molecule has 2 heterocycles. The summed E-state index contributed by atoms with van der Waals surface area (Å²) in [6, 6.07) is 10.6. The predicted octanol–water partition coefficient (Wildman–Crippen LogP) is 6.12. The van der Waals surface area contributed by atoms with Crippen molar-refractivity contribution in [1.82, 2.24) is 9.97 Å². The minimum absolute atomic E-state index is 0.0320. The van der Waals surface area contributed by atoms with Crippen molar-refractivity contribution in [2.24, 2.45) is 0 Å². The molecule has 172 valence electrons. The van der Waals surface area contributed by atoms with Crippen molar-refractivity contribution in [2.75, 3.05) is 10.6 Å². The molecule has 2 amide bonds. The Morgan fingerprint density at radius 3 is 1.25 bits per heavy atom. The summed E-state index contributed by atoms with van der Waals surface area (Å²) < 4.78 is 0. The smallest absolute Gasteiger partial charge is 0.225 e. The first-order valence-electron chi connectivity index (χ1n) is 12.0. The number of carbonyl (C=O) groups is 2. The quantitative estimate of drug-likeness (QED) is 0.293. The van der Waals surface area contributed by atoms with E-state index < -0.39 is 0 Å². The molecule has 0 saturated carbocycles. The molecule has 0 spiro atoms. The highest BCUT2D eigenvalue weighted by atomic mass is 16.2. The Morgan fingerprint density at radius 1 is 0.594 bits per heavy atom. The Bertz CT molecular complexity index is 687. The van der Waals surface area contributed by atoms with Crippen molar-refractivity contribution in [1.29, 1.82) is 0 Å². The Balaban J connectivity index is 1.30. The molecule has 2 aromatic heterocycles. The van der Waals surface area contributed by atoms with Crippen LogP contribution < -0.4 is 10.6 Å². The first kappa shape index (κ1) is 25.5. The average Bonchev–Trinajstić information content (AvgIpc) is 2.80. The number of amides is 2. The van der Waals surface area contributed by atoms with Gasteiger partial charge in [-0.15, -0.1) is 0 Å². The van der Waals surface area contributed by atoms with E-state index in [1.165, 1.54) is 51.4 Å². The summed E-state index contributed by atoms with van der Waals surface area (Å²) in [6.07, 6.45) is 20.6. The SMILES string of the molecule is O=C(CCCCCCCCCCCCCCC(=O)Nc1ccc[c]n1)Nc1ccc[c]n1. The van der Waals surface area contributed by atoms with Crippen LogP contribution in [0.1, 0.15) is 89.9 Å². The molecule has 0 fully saturated rings. The molecule has 2 aromatic rings. The summed E-state index contributed by atoms with van der Waals surface area (Å²) in [5.41, 5.74) is 0. The molecule has 0 aliphatic carbocycles. The van der Waals surface area contributed by atoms with Crippen molar-refractivity contribution in [3.8, 4) is 0 Å². The average molecular weight is 437 g/mol. The summed E-state index contributed by atoms with van der Waals surface area (Å²) in [4.78, 5) is 31.6. The zero-order chi connectivity index (χ0) is 22.7. The van der Waals surface area contributed by atoms with Crippen LogP contribution in [-0.2, 0) is 9.59 Å². The van der Waals surface area contributed by atoms with E-state index in [4.69, 9.17) is 0 Å². The molecular formula is C26H36N4O2. The van der Waals surface area contributed by atoms with Gasteiger partial charge in [0.25, 0.3) is 0 Å². The van der Waals surface area contributed by atoms with E-state index in [0.717, 1.165) is 25.7 Å². The van der Waals surface area contributed by atoms with Gasteiger partial charge >= 0.3 is 0 Å². The second kappa shape index (κ2) is 16.9. The maximum Gasteiger partial charge on any atom is 0.225 e. The van der Waals surface area contributed by atoms with Gasteiger partial charge < -0.3 is 10.6 Å². The van der Waals surface area contributed by atoms with Crippen LogP contribution in [0.25, 0.3) is 0 Å². The van der Waals surface area contributed by atoms with Gasteiger partial charge in [-0.25, -0.2) is 9.97 Å². The second-order valence-electron chi connectivity index (χ2n) is 8.14. The van der Waals surface area contributed by atoms with Gasteiger partial charge in [0.2, 0.25) is 11.8 Å². The van der Waals surface area contributed by atoms with Gasteiger partial charge in [-0.3, -0.25) is 9.59 Å². The summed E-state index contributed by atoms with van der Waals surface area (Å²) >= 11 is 0. The molecule has 0 bridgehead atoms. The standard InChI is InChI=1S/C26H36N4O2/c31-25(29-23-17-13-15-21-27-23)19-11-9-7-5-3-1-2-4-6-8-10-12-20-26(32)30-24-18-14-16-22-28-24/h13-18H,1-12,19-20H2,(H,27,29,31)(H,28,30,32). The van der Waals surface area contributed by atoms with Crippen molar-refractivity contribution in [3.05, 3.63) is 48.8 Å².